The highest BCUT2D eigenvalue weighted by Gasteiger charge is 2.24. The molecule has 0 radical (unpaired) electrons. The fourth-order valence-corrected chi connectivity index (χ4v) is 4.23. The number of pyridine rings is 1. The highest BCUT2D eigenvalue weighted by atomic mass is 16.5. The van der Waals surface area contributed by atoms with Crippen LogP contribution in [0.2, 0.25) is 0 Å². The maximum Gasteiger partial charge on any atom is 0.253 e. The average molecular weight is 405 g/mol. The van der Waals surface area contributed by atoms with Crippen molar-refractivity contribution in [3.8, 4) is 22.8 Å². The number of carbonyl (C=O) groups is 1. The summed E-state index contributed by atoms with van der Waals surface area (Å²) >= 11 is 0. The lowest BCUT2D eigenvalue weighted by atomic mass is 10.00. The van der Waals surface area contributed by atoms with Gasteiger partial charge in [0.1, 0.15) is 11.5 Å². The van der Waals surface area contributed by atoms with Gasteiger partial charge in [0.15, 0.2) is 0 Å². The molecule has 1 atom stereocenters. The minimum atomic E-state index is -0.124. The normalized spacial score (nSPS) is 16.7. The predicted octanol–water partition coefficient (Wildman–Crippen LogP) is 3.83. The van der Waals surface area contributed by atoms with E-state index >= 15 is 0 Å². The molecule has 1 aliphatic heterocycles. The van der Waals surface area contributed by atoms with Crippen LogP contribution in [0.3, 0.4) is 0 Å². The Hall–Kier alpha value is -3.12. The van der Waals surface area contributed by atoms with Crippen LogP contribution >= 0.6 is 0 Å². The summed E-state index contributed by atoms with van der Waals surface area (Å²) in [7, 11) is 1.61. The minimum absolute atomic E-state index is 0.124. The zero-order chi connectivity index (χ0) is 21.1. The summed E-state index contributed by atoms with van der Waals surface area (Å²) in [5.74, 6) is 0.766. The van der Waals surface area contributed by atoms with E-state index in [4.69, 9.17) is 4.74 Å². The highest BCUT2D eigenvalue weighted by Crippen LogP contribution is 2.32. The molecule has 1 aliphatic rings. The summed E-state index contributed by atoms with van der Waals surface area (Å²) in [5.41, 5.74) is 2.17. The van der Waals surface area contributed by atoms with Crippen molar-refractivity contribution in [1.29, 1.82) is 0 Å². The van der Waals surface area contributed by atoms with Crippen molar-refractivity contribution >= 4 is 16.7 Å². The summed E-state index contributed by atoms with van der Waals surface area (Å²) < 4.78 is 5.40. The first-order chi connectivity index (χ1) is 14.6. The van der Waals surface area contributed by atoms with Crippen LogP contribution in [0, 0.1) is 0 Å². The van der Waals surface area contributed by atoms with E-state index in [0.29, 0.717) is 23.9 Å². The van der Waals surface area contributed by atoms with Crippen LogP contribution in [0.5, 0.6) is 11.5 Å². The third-order valence-corrected chi connectivity index (χ3v) is 5.88. The number of carbonyl (C=O) groups excluding carboxylic acids is 1. The molecular formula is C24H27N3O3. The van der Waals surface area contributed by atoms with Crippen LogP contribution in [-0.4, -0.2) is 53.7 Å². The van der Waals surface area contributed by atoms with Gasteiger partial charge in [0.25, 0.3) is 5.91 Å². The quantitative estimate of drug-likeness (QED) is 0.652. The van der Waals surface area contributed by atoms with Gasteiger partial charge in [0, 0.05) is 35.1 Å². The summed E-state index contributed by atoms with van der Waals surface area (Å²) in [4.78, 5) is 20.1. The number of amides is 1. The zero-order valence-corrected chi connectivity index (χ0v) is 17.4. The first kappa shape index (κ1) is 20.2. The van der Waals surface area contributed by atoms with Crippen molar-refractivity contribution < 1.29 is 14.6 Å². The maximum absolute atomic E-state index is 13.1. The van der Waals surface area contributed by atoms with Crippen LogP contribution in [0.25, 0.3) is 22.0 Å². The third-order valence-electron chi connectivity index (χ3n) is 5.88. The summed E-state index contributed by atoms with van der Waals surface area (Å²) in [6.07, 6.45) is 3.92. The van der Waals surface area contributed by atoms with Crippen LogP contribution in [0.1, 0.15) is 30.1 Å². The van der Waals surface area contributed by atoms with Gasteiger partial charge < -0.3 is 15.2 Å². The van der Waals surface area contributed by atoms with Crippen molar-refractivity contribution in [2.75, 3.05) is 26.7 Å². The molecule has 1 amide bonds. The molecule has 156 valence electrons. The topological polar surface area (TPSA) is 74.7 Å². The minimum Gasteiger partial charge on any atom is -0.508 e. The first-order valence-electron chi connectivity index (χ1n) is 10.4. The van der Waals surface area contributed by atoms with Gasteiger partial charge in [-0.25, -0.2) is 0 Å². The molecular weight excluding hydrogens is 378 g/mol. The van der Waals surface area contributed by atoms with Gasteiger partial charge >= 0.3 is 0 Å². The van der Waals surface area contributed by atoms with Gasteiger partial charge in [-0.15, -0.1) is 0 Å². The van der Waals surface area contributed by atoms with Crippen molar-refractivity contribution in [2.24, 2.45) is 0 Å². The maximum atomic E-state index is 13.1. The molecule has 6 nitrogen and oxygen atoms in total. The number of likely N-dealkylation sites (tertiary alicyclic amines) is 1. The van der Waals surface area contributed by atoms with Crippen molar-refractivity contribution in [3.05, 3.63) is 54.2 Å². The van der Waals surface area contributed by atoms with Crippen molar-refractivity contribution in [3.63, 3.8) is 0 Å². The summed E-state index contributed by atoms with van der Waals surface area (Å²) in [6, 6.07) is 13.0. The highest BCUT2D eigenvalue weighted by molar-refractivity contribution is 6.10. The van der Waals surface area contributed by atoms with Crippen molar-refractivity contribution in [2.45, 2.75) is 25.8 Å². The second-order valence-corrected chi connectivity index (χ2v) is 7.61. The number of aromatic hydroxyl groups is 1. The van der Waals surface area contributed by atoms with E-state index in [1.807, 2.05) is 30.3 Å². The molecule has 2 heterocycles. The Bertz CT molecular complexity index is 1050. The van der Waals surface area contributed by atoms with Crippen molar-refractivity contribution in [1.82, 2.24) is 15.2 Å². The molecule has 1 saturated heterocycles. The third kappa shape index (κ3) is 3.96. The first-order valence-corrected chi connectivity index (χ1v) is 10.4. The number of fused-ring (bicyclic) bond motifs is 1. The van der Waals surface area contributed by atoms with Gasteiger partial charge in [-0.05, 0) is 68.4 Å². The molecule has 1 aromatic heterocycles. The Morgan fingerprint density at radius 3 is 2.77 bits per heavy atom. The Kier molecular flexibility index (Phi) is 5.86. The largest absolute Gasteiger partial charge is 0.508 e. The number of ether oxygens (including phenoxy) is 1. The number of hydrogen-bond acceptors (Lipinski definition) is 5. The van der Waals surface area contributed by atoms with E-state index in [9.17, 15) is 9.90 Å². The van der Waals surface area contributed by atoms with E-state index in [-0.39, 0.29) is 11.7 Å². The van der Waals surface area contributed by atoms with E-state index in [2.05, 4.69) is 22.1 Å². The fourth-order valence-electron chi connectivity index (χ4n) is 4.23. The lowest BCUT2D eigenvalue weighted by Crippen LogP contribution is -2.40. The van der Waals surface area contributed by atoms with Crippen LogP contribution in [0.4, 0.5) is 0 Å². The Morgan fingerprint density at radius 1 is 1.23 bits per heavy atom. The number of phenols is 1. The molecule has 0 aliphatic carbocycles. The molecule has 0 spiro atoms. The van der Waals surface area contributed by atoms with E-state index in [1.165, 1.54) is 6.42 Å². The summed E-state index contributed by atoms with van der Waals surface area (Å²) in [5, 5.41) is 14.4. The number of hydrogen-bond donors (Lipinski definition) is 2. The zero-order valence-electron chi connectivity index (χ0n) is 17.4. The average Bonchev–Trinajstić information content (AvgIpc) is 3.24. The lowest BCUT2D eigenvalue weighted by Gasteiger charge is -2.23. The monoisotopic (exact) mass is 405 g/mol. The van der Waals surface area contributed by atoms with Gasteiger partial charge in [-0.1, -0.05) is 6.92 Å². The molecule has 6 heteroatoms. The Morgan fingerprint density at radius 2 is 2.03 bits per heavy atom. The van der Waals surface area contributed by atoms with Gasteiger partial charge in [0.05, 0.1) is 18.4 Å². The number of nitrogens with zero attached hydrogens (tertiary/aromatic N) is 2. The molecule has 1 unspecified atom stereocenters. The van der Waals surface area contributed by atoms with Gasteiger partial charge in [-0.3, -0.25) is 14.7 Å². The number of phenolic OH excluding ortho intramolecular Hbond substituents is 1. The van der Waals surface area contributed by atoms with Crippen LogP contribution in [-0.2, 0) is 0 Å². The van der Waals surface area contributed by atoms with Gasteiger partial charge in [-0.2, -0.15) is 0 Å². The molecule has 30 heavy (non-hydrogen) atoms. The fraction of sp³-hybridized carbons (Fsp3) is 0.333. The lowest BCUT2D eigenvalue weighted by molar-refractivity contribution is 0.0942. The van der Waals surface area contributed by atoms with E-state index < -0.39 is 0 Å². The number of likely N-dealkylation sites (N-methyl/N-ethyl adjacent to an activating group) is 1. The molecule has 4 rings (SSSR count). The second kappa shape index (κ2) is 8.71. The Balaban J connectivity index is 1.68. The SMILES string of the molecule is CCN1CCCC1CNC(=O)c1cnc(-c2ccc(O)cc2)c2ccc(OC)cc12. The van der Waals surface area contributed by atoms with Crippen LogP contribution < -0.4 is 10.1 Å². The van der Waals surface area contributed by atoms with Gasteiger partial charge in [0.2, 0.25) is 0 Å². The second-order valence-electron chi connectivity index (χ2n) is 7.61. The molecule has 2 aromatic carbocycles. The van der Waals surface area contributed by atoms with Crippen LogP contribution in [0.15, 0.2) is 48.7 Å². The van der Waals surface area contributed by atoms with E-state index in [1.54, 1.807) is 25.4 Å². The predicted molar refractivity (Wildman–Crippen MR) is 118 cm³/mol. The number of methoxy groups -OCH3 is 1. The number of aromatic nitrogens is 1. The standard InChI is InChI=1S/C24H27N3O3/c1-3-27-12-4-5-17(27)14-26-24(29)22-15-25-23(16-6-8-18(28)9-7-16)20-11-10-19(30-2)13-21(20)22/h6-11,13,15,17,28H,3-5,12,14H2,1-2H3,(H,26,29). The summed E-state index contributed by atoms with van der Waals surface area (Å²) in [6.45, 7) is 4.90. The number of rotatable bonds is 6. The molecule has 0 bridgehead atoms. The number of nitrogens with one attached hydrogen (secondary N) is 1. The Labute approximate surface area is 176 Å². The smallest absolute Gasteiger partial charge is 0.253 e. The van der Waals surface area contributed by atoms with E-state index in [0.717, 1.165) is 41.5 Å². The molecule has 1 fully saturated rings. The molecule has 0 saturated carbocycles. The molecule has 2 N–H and O–H groups in total. The molecule has 3 aromatic rings. The number of benzene rings is 2.